The van der Waals surface area contributed by atoms with E-state index in [-0.39, 0.29) is 68.1 Å². The molecular weight excluding hydrogens is 1090 g/mol. The molecule has 0 unspecified atom stereocenters. The first-order valence-corrected chi connectivity index (χ1v) is 31.2. The predicted octanol–water partition coefficient (Wildman–Crippen LogP) is 4.60. The van der Waals surface area contributed by atoms with E-state index in [1.807, 2.05) is 62.3 Å². The van der Waals surface area contributed by atoms with Crippen LogP contribution in [-0.2, 0) is 57.5 Å². The summed E-state index contributed by atoms with van der Waals surface area (Å²) in [6, 6.07) is -11.5. The fourth-order valence-electron chi connectivity index (χ4n) is 11.7. The van der Waals surface area contributed by atoms with Crippen LogP contribution in [-0.4, -0.2) is 222 Å². The van der Waals surface area contributed by atoms with E-state index in [0.29, 0.717) is 19.4 Å². The second-order valence-corrected chi connectivity index (χ2v) is 27.0. The summed E-state index contributed by atoms with van der Waals surface area (Å²) in [5.74, 6) is -9.03. The highest BCUT2D eigenvalue weighted by Gasteiger charge is 2.47. The molecule has 2 heterocycles. The molecule has 0 aromatic rings. The van der Waals surface area contributed by atoms with Gasteiger partial charge in [0.05, 0.1) is 12.1 Å². The van der Waals surface area contributed by atoms with Gasteiger partial charge in [-0.1, -0.05) is 104 Å². The number of carbonyl (C=O) groups excluding carboxylic acids is 11. The quantitative estimate of drug-likeness (QED) is 0.243. The van der Waals surface area contributed by atoms with Crippen molar-refractivity contribution in [1.82, 2.24) is 50.2 Å². The second kappa shape index (κ2) is 33.5. The first-order valence-electron chi connectivity index (χ1n) is 31.2. The summed E-state index contributed by atoms with van der Waals surface area (Å²) in [5, 5.41) is 8.57. The van der Waals surface area contributed by atoms with Gasteiger partial charge in [-0.2, -0.15) is 0 Å². The number of hydrogen-bond acceptors (Lipinski definition) is 12. The maximum atomic E-state index is 15.3. The van der Waals surface area contributed by atoms with Crippen molar-refractivity contribution in [2.24, 2.45) is 47.3 Å². The Morgan fingerprint density at radius 3 is 1.34 bits per heavy atom. The number of nitrogens with one attached hydrogen (secondary N) is 3. The van der Waals surface area contributed by atoms with Crippen LogP contribution in [0.5, 0.6) is 0 Å². The SMILES string of the molecule is CC[C@H]1NC(=O)[C@@H]([C@@H]2OCCC[C@H]2C)N(C)C(=O)[C@@H](C(C)C)N(C)C(=O)[C@@H](CC(C)C)N(C)C(=O)[C@@H](CC(C)C)N(C)C(=O)[C@H](C)CC(=O)[C@@H](C)NC(=O)[C@@H](CC(C)C)N(C)C(=O)[C@@H](C(C)C)NC(=O)[C@H](CC(C)C)N(C)C(=O)[C@@H](C)N(C)C1=O. The molecule has 486 valence electrons. The normalized spacial score (nSPS) is 29.8. The van der Waals surface area contributed by atoms with Gasteiger partial charge in [0.2, 0.25) is 59.1 Å². The molecule has 2 fully saturated rings. The number of Topliss-reactive ketones (excluding diaryl/α,β-unsaturated/α-hetero) is 1. The van der Waals surface area contributed by atoms with E-state index in [0.717, 1.165) is 0 Å². The van der Waals surface area contributed by atoms with Gasteiger partial charge in [-0.05, 0) is 100 Å². The highest BCUT2D eigenvalue weighted by atomic mass is 16.5. The minimum atomic E-state index is -1.29. The molecule has 0 spiro atoms. The van der Waals surface area contributed by atoms with Gasteiger partial charge in [0.15, 0.2) is 5.78 Å². The van der Waals surface area contributed by atoms with Gasteiger partial charge in [-0.25, -0.2) is 0 Å². The molecule has 22 heteroatoms. The van der Waals surface area contributed by atoms with E-state index >= 15 is 19.2 Å². The van der Waals surface area contributed by atoms with Crippen LogP contribution in [0.15, 0.2) is 0 Å². The van der Waals surface area contributed by atoms with Crippen LogP contribution in [0.2, 0.25) is 0 Å². The molecular formula is C63H112N10O12. The molecule has 22 nitrogen and oxygen atoms in total. The standard InChI is InChI=1S/C63H112N10O12/c1-25-44-59(80)67(18)43(17)58(79)68(19)46(30-35(4)5)55(76)66-50(38(10)11)62(83)69(20)45(29-34(2)3)54(75)64-42(16)49(74)33-41(15)57(78)70(21)47(31-36(6)7)60(81)71(22)48(32-37(8)9)61(82)72(23)51(39(12)13)63(84)73(24)52(56(77)65-44)53-40(14)27-26-28-85-53/h34-48,50-53H,25-33H2,1-24H3,(H,64,75)(H,65,77)(H,66,76)/t40-,41-,42-,43-,44-,45-,46+,47-,48-,50-,51-,52-,53-/m1/s1. The van der Waals surface area contributed by atoms with E-state index in [1.54, 1.807) is 41.5 Å². The number of ketones is 1. The third-order valence-corrected chi connectivity index (χ3v) is 17.2. The van der Waals surface area contributed by atoms with Gasteiger partial charge in [0.25, 0.3) is 0 Å². The van der Waals surface area contributed by atoms with E-state index in [9.17, 15) is 33.6 Å². The Hall–Kier alpha value is -5.67. The van der Waals surface area contributed by atoms with Crippen LogP contribution in [0, 0.1) is 47.3 Å². The zero-order valence-electron chi connectivity index (χ0n) is 56.4. The Kier molecular flexibility index (Phi) is 29.7. The van der Waals surface area contributed by atoms with Crippen molar-refractivity contribution in [1.29, 1.82) is 0 Å². The highest BCUT2D eigenvalue weighted by molar-refractivity contribution is 6.00. The topological polar surface area (TPSA) is 256 Å². The average Bonchev–Trinajstić information content (AvgIpc) is 2.98. The number of hydrogen-bond donors (Lipinski definition) is 3. The van der Waals surface area contributed by atoms with Crippen molar-refractivity contribution >= 4 is 64.9 Å². The van der Waals surface area contributed by atoms with Gasteiger partial charge < -0.3 is 55.0 Å². The molecule has 0 radical (unpaired) electrons. The highest BCUT2D eigenvalue weighted by Crippen LogP contribution is 2.29. The van der Waals surface area contributed by atoms with Crippen LogP contribution in [0.1, 0.15) is 169 Å². The lowest BCUT2D eigenvalue weighted by molar-refractivity contribution is -0.160. The summed E-state index contributed by atoms with van der Waals surface area (Å²) in [5.41, 5.74) is 0. The second-order valence-electron chi connectivity index (χ2n) is 27.0. The van der Waals surface area contributed by atoms with Crippen LogP contribution in [0.25, 0.3) is 0 Å². The lowest BCUT2D eigenvalue weighted by Crippen LogP contribution is -2.64. The van der Waals surface area contributed by atoms with Gasteiger partial charge in [0, 0.05) is 68.3 Å². The van der Waals surface area contributed by atoms with Crippen molar-refractivity contribution in [2.45, 2.75) is 236 Å². The summed E-state index contributed by atoms with van der Waals surface area (Å²) in [6.07, 6.45) is 1.11. The number of carbonyl (C=O) groups is 11. The fourth-order valence-corrected chi connectivity index (χ4v) is 11.7. The monoisotopic (exact) mass is 1200 g/mol. The van der Waals surface area contributed by atoms with Crippen molar-refractivity contribution in [3.8, 4) is 0 Å². The van der Waals surface area contributed by atoms with Gasteiger partial charge in [-0.15, -0.1) is 0 Å². The Balaban J connectivity index is 2.97. The minimum Gasteiger partial charge on any atom is -0.375 e. The zero-order valence-corrected chi connectivity index (χ0v) is 56.4. The molecule has 2 aliphatic rings. The zero-order chi connectivity index (χ0) is 65.6. The molecule has 2 aliphatic heterocycles. The van der Waals surface area contributed by atoms with E-state index < -0.39 is 149 Å². The lowest BCUT2D eigenvalue weighted by atomic mass is 9.89. The lowest BCUT2D eigenvalue weighted by Gasteiger charge is -2.43. The summed E-state index contributed by atoms with van der Waals surface area (Å²) in [4.78, 5) is 171. The molecule has 0 aromatic carbocycles. The van der Waals surface area contributed by atoms with E-state index in [1.165, 1.54) is 97.5 Å². The fraction of sp³-hybridized carbons (Fsp3) is 0.825. The van der Waals surface area contributed by atoms with Gasteiger partial charge >= 0.3 is 0 Å². The molecule has 3 N–H and O–H groups in total. The molecule has 2 rings (SSSR count). The number of amides is 10. The molecule has 13 atom stereocenters. The number of likely N-dealkylation sites (N-methyl/N-ethyl adjacent to an activating group) is 7. The van der Waals surface area contributed by atoms with Crippen LogP contribution >= 0.6 is 0 Å². The Morgan fingerprint density at radius 1 is 0.459 bits per heavy atom. The van der Waals surface area contributed by atoms with Crippen LogP contribution < -0.4 is 16.0 Å². The Bertz CT molecular complexity index is 2330. The summed E-state index contributed by atoms with van der Waals surface area (Å²) >= 11 is 0. The number of ether oxygens (including phenoxy) is 1. The molecule has 0 aromatic heterocycles. The predicted molar refractivity (Wildman–Crippen MR) is 328 cm³/mol. The van der Waals surface area contributed by atoms with Crippen molar-refractivity contribution in [3.63, 3.8) is 0 Å². The van der Waals surface area contributed by atoms with Gasteiger partial charge in [-0.3, -0.25) is 52.7 Å². The number of nitrogens with zero attached hydrogens (tertiary/aromatic N) is 7. The molecule has 0 bridgehead atoms. The minimum absolute atomic E-state index is 0.0851. The van der Waals surface area contributed by atoms with E-state index in [2.05, 4.69) is 16.0 Å². The third-order valence-electron chi connectivity index (χ3n) is 17.2. The molecule has 85 heavy (non-hydrogen) atoms. The van der Waals surface area contributed by atoms with Crippen molar-refractivity contribution in [3.05, 3.63) is 0 Å². The summed E-state index contributed by atoms with van der Waals surface area (Å²) in [6.45, 7) is 30.7. The largest absolute Gasteiger partial charge is 0.375 e. The van der Waals surface area contributed by atoms with E-state index in [4.69, 9.17) is 4.74 Å². The van der Waals surface area contributed by atoms with Crippen molar-refractivity contribution in [2.75, 3.05) is 55.9 Å². The first kappa shape index (κ1) is 75.4. The average molecular weight is 1200 g/mol. The smallest absolute Gasteiger partial charge is 0.246 e. The summed E-state index contributed by atoms with van der Waals surface area (Å²) in [7, 11) is 10.3. The molecule has 2 saturated heterocycles. The van der Waals surface area contributed by atoms with Crippen LogP contribution in [0.4, 0.5) is 0 Å². The first-order chi connectivity index (χ1) is 39.3. The van der Waals surface area contributed by atoms with Crippen LogP contribution in [0.3, 0.4) is 0 Å². The molecule has 0 aliphatic carbocycles. The Morgan fingerprint density at radius 2 is 0.894 bits per heavy atom. The third kappa shape index (κ3) is 19.9. The number of rotatable bonds is 12. The van der Waals surface area contributed by atoms with Crippen molar-refractivity contribution < 1.29 is 57.5 Å². The molecule has 0 saturated carbocycles. The van der Waals surface area contributed by atoms with Gasteiger partial charge in [0.1, 0.15) is 54.4 Å². The summed E-state index contributed by atoms with van der Waals surface area (Å²) < 4.78 is 6.30. The maximum absolute atomic E-state index is 15.3. The Labute approximate surface area is 509 Å². The molecule has 10 amide bonds. The maximum Gasteiger partial charge on any atom is 0.246 e.